The van der Waals surface area contributed by atoms with Crippen molar-refractivity contribution in [1.29, 1.82) is 0 Å². The van der Waals surface area contributed by atoms with Gasteiger partial charge in [-0.05, 0) is 0 Å². The van der Waals surface area contributed by atoms with Gasteiger partial charge in [0.2, 0.25) is 0 Å². The first-order valence-electron chi connectivity index (χ1n) is 2.43. The lowest BCUT2D eigenvalue weighted by molar-refractivity contribution is 0.137. The van der Waals surface area contributed by atoms with Crippen molar-refractivity contribution in [2.45, 2.75) is 0 Å². The lowest BCUT2D eigenvalue weighted by Crippen LogP contribution is -1.81. The van der Waals surface area contributed by atoms with E-state index in [0.29, 0.717) is 0 Å². The Labute approximate surface area is 57.9 Å². The quantitative estimate of drug-likeness (QED) is 0.407. The van der Waals surface area contributed by atoms with Crippen molar-refractivity contribution in [3.63, 3.8) is 0 Å². The third-order valence-corrected chi connectivity index (χ3v) is 0.377. The van der Waals surface area contributed by atoms with Gasteiger partial charge in [0.05, 0.1) is 13.2 Å². The van der Waals surface area contributed by atoms with Crippen molar-refractivity contribution in [3.8, 4) is 0 Å². The van der Waals surface area contributed by atoms with Gasteiger partial charge in [-0.2, -0.15) is 0 Å². The summed E-state index contributed by atoms with van der Waals surface area (Å²) in [5.41, 5.74) is 0. The van der Waals surface area contributed by atoms with Crippen LogP contribution in [-0.4, -0.2) is 39.8 Å². The number of carbonyl (C=O) groups is 1. The molecule has 0 aromatic carbocycles. The van der Waals surface area contributed by atoms with Crippen LogP contribution in [-0.2, 0) is 0 Å². The molecule has 0 aliphatic carbocycles. The molecule has 0 saturated heterocycles. The fraction of sp³-hybridized carbons (Fsp3) is 0.400. The third kappa shape index (κ3) is 65.4. The molecule has 0 radical (unpaired) electrons. The Morgan fingerprint density at radius 2 is 1.30 bits per heavy atom. The van der Waals surface area contributed by atoms with Gasteiger partial charge in [0.1, 0.15) is 0 Å². The van der Waals surface area contributed by atoms with Crippen molar-refractivity contribution in [3.05, 3.63) is 12.2 Å². The lowest BCUT2D eigenvalue weighted by atomic mass is 10.5. The van der Waals surface area contributed by atoms with Crippen molar-refractivity contribution < 1.29 is 25.2 Å². The maximum Gasteiger partial charge on any atom is 0.503 e. The molecule has 60 valence electrons. The number of aliphatic hydroxyl groups is 2. The average Bonchev–Trinajstić information content (AvgIpc) is 1.82. The van der Waals surface area contributed by atoms with E-state index in [4.69, 9.17) is 25.2 Å². The highest BCUT2D eigenvalue weighted by Crippen LogP contribution is 1.63. The molecule has 0 aliphatic heterocycles. The first-order valence-corrected chi connectivity index (χ1v) is 2.43. The van der Waals surface area contributed by atoms with Crippen molar-refractivity contribution in [2.24, 2.45) is 0 Å². The summed E-state index contributed by atoms with van der Waals surface area (Å²) in [6.45, 7) is 0.0289. The monoisotopic (exact) mass is 150 g/mol. The first-order chi connectivity index (χ1) is 4.65. The molecule has 5 nitrogen and oxygen atoms in total. The Morgan fingerprint density at radius 3 is 1.40 bits per heavy atom. The van der Waals surface area contributed by atoms with Crippen LogP contribution < -0.4 is 0 Å². The normalized spacial score (nSPS) is 8.60. The van der Waals surface area contributed by atoms with Crippen molar-refractivity contribution in [2.75, 3.05) is 13.2 Å². The van der Waals surface area contributed by atoms with E-state index in [2.05, 4.69) is 0 Å². The second-order valence-electron chi connectivity index (χ2n) is 1.12. The topological polar surface area (TPSA) is 98.0 Å². The van der Waals surface area contributed by atoms with Crippen LogP contribution in [0.3, 0.4) is 0 Å². The molecule has 0 fully saturated rings. The average molecular weight is 150 g/mol. The van der Waals surface area contributed by atoms with Gasteiger partial charge in [0.25, 0.3) is 0 Å². The molecular formula is C5H10O5. The third-order valence-electron chi connectivity index (χ3n) is 0.377. The predicted molar refractivity (Wildman–Crippen MR) is 34.0 cm³/mol. The van der Waals surface area contributed by atoms with Gasteiger partial charge in [0.15, 0.2) is 0 Å². The van der Waals surface area contributed by atoms with E-state index in [-0.39, 0.29) is 13.2 Å². The largest absolute Gasteiger partial charge is 0.503 e. The summed E-state index contributed by atoms with van der Waals surface area (Å²) in [7, 11) is 0. The van der Waals surface area contributed by atoms with Gasteiger partial charge >= 0.3 is 6.16 Å². The van der Waals surface area contributed by atoms with Gasteiger partial charge in [-0.1, -0.05) is 12.2 Å². The lowest BCUT2D eigenvalue weighted by Gasteiger charge is -1.73. The van der Waals surface area contributed by atoms with E-state index in [1.165, 1.54) is 12.2 Å². The van der Waals surface area contributed by atoms with Crippen LogP contribution in [0.25, 0.3) is 0 Å². The van der Waals surface area contributed by atoms with E-state index in [1.807, 2.05) is 0 Å². The molecule has 0 unspecified atom stereocenters. The van der Waals surface area contributed by atoms with Crippen LogP contribution in [0.4, 0.5) is 4.79 Å². The molecule has 0 amide bonds. The van der Waals surface area contributed by atoms with E-state index >= 15 is 0 Å². The zero-order chi connectivity index (χ0) is 8.41. The maximum absolute atomic E-state index is 8.56. The SMILES string of the molecule is O=C(O)O.OCC=CCO. The van der Waals surface area contributed by atoms with Crippen LogP contribution in [0.15, 0.2) is 12.2 Å². The summed E-state index contributed by atoms with van der Waals surface area (Å²) in [4.78, 5) is 8.56. The van der Waals surface area contributed by atoms with Crippen LogP contribution in [0.2, 0.25) is 0 Å². The summed E-state index contributed by atoms with van der Waals surface area (Å²) >= 11 is 0. The molecule has 4 N–H and O–H groups in total. The highest BCUT2D eigenvalue weighted by atomic mass is 16.6. The number of hydrogen-bond acceptors (Lipinski definition) is 3. The van der Waals surface area contributed by atoms with Gasteiger partial charge in [0, 0.05) is 0 Å². The van der Waals surface area contributed by atoms with E-state index in [1.54, 1.807) is 0 Å². The van der Waals surface area contributed by atoms with E-state index in [9.17, 15) is 0 Å². The minimum Gasteiger partial charge on any atom is -0.450 e. The number of hydrogen-bond donors (Lipinski definition) is 4. The summed E-state index contributed by atoms with van der Waals surface area (Å²) in [6, 6.07) is 0. The molecule has 0 rings (SSSR count). The molecule has 0 aliphatic rings. The minimum absolute atomic E-state index is 0.0144. The molecule has 0 spiro atoms. The fourth-order valence-electron chi connectivity index (χ4n) is 0.149. The summed E-state index contributed by atoms with van der Waals surface area (Å²) in [5.74, 6) is 0. The van der Waals surface area contributed by atoms with Crippen LogP contribution in [0.5, 0.6) is 0 Å². The summed E-state index contributed by atoms with van der Waals surface area (Å²) < 4.78 is 0. The molecule has 0 aromatic rings. The smallest absolute Gasteiger partial charge is 0.450 e. The highest BCUT2D eigenvalue weighted by molar-refractivity contribution is 5.53. The van der Waals surface area contributed by atoms with Gasteiger partial charge in [-0.25, -0.2) is 4.79 Å². The van der Waals surface area contributed by atoms with Gasteiger partial charge in [-0.15, -0.1) is 0 Å². The second kappa shape index (κ2) is 10.8. The molecule has 0 aromatic heterocycles. The van der Waals surface area contributed by atoms with Crippen LogP contribution >= 0.6 is 0 Å². The number of rotatable bonds is 2. The molecular weight excluding hydrogens is 140 g/mol. The molecule has 0 saturated carbocycles. The van der Waals surface area contributed by atoms with E-state index in [0.717, 1.165) is 0 Å². The predicted octanol–water partition coefficient (Wildman–Crippen LogP) is -0.250. The van der Waals surface area contributed by atoms with Crippen molar-refractivity contribution in [1.82, 2.24) is 0 Å². The minimum atomic E-state index is -1.83. The van der Waals surface area contributed by atoms with Crippen LogP contribution in [0, 0.1) is 0 Å². The highest BCUT2D eigenvalue weighted by Gasteiger charge is 1.70. The Morgan fingerprint density at radius 1 is 1.10 bits per heavy atom. The Kier molecular flexibility index (Phi) is 12.7. The maximum atomic E-state index is 8.56. The molecule has 10 heavy (non-hydrogen) atoms. The Balaban J connectivity index is 0. The number of aliphatic hydroxyl groups excluding tert-OH is 2. The molecule has 0 bridgehead atoms. The number of carboxylic acid groups (broad SMARTS) is 2. The standard InChI is InChI=1S/C4H8O2.CH2O3/c5-3-1-2-4-6;2-1(3)4/h1-2,5-6H,3-4H2;(H2,2,3,4). The fourth-order valence-corrected chi connectivity index (χ4v) is 0.149. The Bertz CT molecular complexity index is 88.2. The summed E-state index contributed by atoms with van der Waals surface area (Å²) in [6.07, 6.45) is 1.14. The van der Waals surface area contributed by atoms with Gasteiger partial charge < -0.3 is 20.4 Å². The molecule has 5 heteroatoms. The zero-order valence-corrected chi connectivity index (χ0v) is 5.27. The second-order valence-corrected chi connectivity index (χ2v) is 1.12. The van der Waals surface area contributed by atoms with E-state index < -0.39 is 6.16 Å². The zero-order valence-electron chi connectivity index (χ0n) is 5.27. The van der Waals surface area contributed by atoms with Crippen LogP contribution in [0.1, 0.15) is 0 Å². The van der Waals surface area contributed by atoms with Gasteiger partial charge in [-0.3, -0.25) is 0 Å². The first kappa shape index (κ1) is 11.7. The van der Waals surface area contributed by atoms with Crippen molar-refractivity contribution >= 4 is 6.16 Å². The Hall–Kier alpha value is -1.07. The molecule has 0 atom stereocenters. The molecule has 0 heterocycles. The summed E-state index contributed by atoms with van der Waals surface area (Å²) in [5, 5.41) is 29.9.